The molecule has 3 aromatic carbocycles. The van der Waals surface area contributed by atoms with Gasteiger partial charge in [0.1, 0.15) is 0 Å². The topological polar surface area (TPSA) is 37.3 Å². The molecule has 35 heavy (non-hydrogen) atoms. The average molecular weight is 486 g/mol. The van der Waals surface area contributed by atoms with Gasteiger partial charge in [-0.2, -0.15) is 0 Å². The number of carbonyl (C=O) groups is 1. The number of nitrogens with zero attached hydrogens (tertiary/aromatic N) is 2. The fourth-order valence-electron chi connectivity index (χ4n) is 5.12. The van der Waals surface area contributed by atoms with Crippen LogP contribution in [0.3, 0.4) is 0 Å². The number of rotatable bonds is 7. The Morgan fingerprint density at radius 1 is 0.943 bits per heavy atom. The second-order valence-corrected chi connectivity index (χ2v) is 9.97. The first-order valence-electron chi connectivity index (χ1n) is 12.5. The molecule has 1 N–H and O–H groups in total. The first-order valence-corrected chi connectivity index (χ1v) is 12.8. The van der Waals surface area contributed by atoms with Crippen LogP contribution in [-0.4, -0.2) is 28.5 Å². The van der Waals surface area contributed by atoms with Gasteiger partial charge in [0.05, 0.1) is 6.04 Å². The van der Waals surface area contributed by atoms with Crippen molar-refractivity contribution >= 4 is 28.4 Å². The fraction of sp³-hybridized carbons (Fsp3) is 0.300. The number of benzene rings is 3. The molecule has 1 atom stereocenters. The van der Waals surface area contributed by atoms with Crippen molar-refractivity contribution in [1.82, 2.24) is 14.8 Å². The lowest BCUT2D eigenvalue weighted by atomic mass is 9.95. The molecule has 1 saturated heterocycles. The lowest BCUT2D eigenvalue weighted by Gasteiger charge is -2.32. The Morgan fingerprint density at radius 3 is 2.40 bits per heavy atom. The van der Waals surface area contributed by atoms with Crippen molar-refractivity contribution in [3.05, 3.63) is 107 Å². The number of para-hydroxylation sites is 1. The third-order valence-electron chi connectivity index (χ3n) is 7.18. The van der Waals surface area contributed by atoms with E-state index in [0.717, 1.165) is 55.2 Å². The lowest BCUT2D eigenvalue weighted by Crippen LogP contribution is -2.41. The van der Waals surface area contributed by atoms with Gasteiger partial charge in [-0.15, -0.1) is 0 Å². The van der Waals surface area contributed by atoms with Gasteiger partial charge in [-0.3, -0.25) is 9.69 Å². The van der Waals surface area contributed by atoms with E-state index in [9.17, 15) is 4.79 Å². The maximum absolute atomic E-state index is 12.9. The Kier molecular flexibility index (Phi) is 7.21. The van der Waals surface area contributed by atoms with Gasteiger partial charge in [0.15, 0.2) is 0 Å². The SMILES string of the molecule is C[C@H](NC(=O)C1CCN(Cc2cc3ccccc3n2Cc2ccccc2Cl)CC1)c1ccccc1. The first-order chi connectivity index (χ1) is 17.1. The van der Waals surface area contributed by atoms with E-state index in [1.54, 1.807) is 0 Å². The molecule has 0 radical (unpaired) electrons. The van der Waals surface area contributed by atoms with Gasteiger partial charge in [-0.1, -0.05) is 78.3 Å². The summed E-state index contributed by atoms with van der Waals surface area (Å²) in [6.45, 7) is 5.52. The van der Waals surface area contributed by atoms with Gasteiger partial charge in [-0.25, -0.2) is 0 Å². The predicted molar refractivity (Wildman–Crippen MR) is 143 cm³/mol. The third kappa shape index (κ3) is 5.44. The van der Waals surface area contributed by atoms with Crippen LogP contribution in [0.5, 0.6) is 0 Å². The van der Waals surface area contributed by atoms with Gasteiger partial charge in [0.25, 0.3) is 0 Å². The number of halogens is 1. The van der Waals surface area contributed by atoms with E-state index >= 15 is 0 Å². The van der Waals surface area contributed by atoms with Crippen LogP contribution in [0, 0.1) is 5.92 Å². The van der Waals surface area contributed by atoms with Crippen LogP contribution < -0.4 is 5.32 Å². The highest BCUT2D eigenvalue weighted by Gasteiger charge is 2.26. The fourth-order valence-corrected chi connectivity index (χ4v) is 5.32. The van der Waals surface area contributed by atoms with E-state index in [1.165, 1.54) is 16.6 Å². The van der Waals surface area contributed by atoms with E-state index < -0.39 is 0 Å². The smallest absolute Gasteiger partial charge is 0.223 e. The highest BCUT2D eigenvalue weighted by molar-refractivity contribution is 6.31. The standard InChI is InChI=1S/C30H32ClN3O/c1-22(23-9-3-2-4-10-23)32-30(35)24-15-17-33(18-16-24)21-27-19-25-11-6-8-14-29(25)34(27)20-26-12-5-7-13-28(26)31/h2-14,19,22,24H,15-18,20-21H2,1H3,(H,32,35)/t22-/m0/s1. The molecule has 0 unspecified atom stereocenters. The zero-order chi connectivity index (χ0) is 24.2. The summed E-state index contributed by atoms with van der Waals surface area (Å²) in [5.74, 6) is 0.250. The predicted octanol–water partition coefficient (Wildman–Crippen LogP) is 6.43. The Labute approximate surface area is 212 Å². The zero-order valence-corrected chi connectivity index (χ0v) is 20.9. The normalized spacial score (nSPS) is 15.8. The largest absolute Gasteiger partial charge is 0.349 e. The van der Waals surface area contributed by atoms with Crippen LogP contribution in [0.1, 0.15) is 42.6 Å². The minimum absolute atomic E-state index is 0.0299. The first kappa shape index (κ1) is 23.7. The van der Waals surface area contributed by atoms with Crippen LogP contribution in [-0.2, 0) is 17.9 Å². The van der Waals surface area contributed by atoms with Gasteiger partial charge in [0, 0.05) is 35.2 Å². The number of nitrogens with one attached hydrogen (secondary N) is 1. The van der Waals surface area contributed by atoms with Gasteiger partial charge < -0.3 is 9.88 Å². The van der Waals surface area contributed by atoms with Gasteiger partial charge in [0.2, 0.25) is 5.91 Å². The molecule has 0 spiro atoms. The number of piperidine rings is 1. The summed E-state index contributed by atoms with van der Waals surface area (Å²) in [5.41, 5.74) is 4.78. The van der Waals surface area contributed by atoms with E-state index in [-0.39, 0.29) is 17.9 Å². The molecular formula is C30H32ClN3O. The molecule has 2 heterocycles. The van der Waals surface area contributed by atoms with E-state index in [2.05, 4.69) is 70.2 Å². The van der Waals surface area contributed by atoms with Crippen molar-refractivity contribution in [3.63, 3.8) is 0 Å². The van der Waals surface area contributed by atoms with Crippen molar-refractivity contribution in [1.29, 1.82) is 0 Å². The molecule has 1 aliphatic rings. The van der Waals surface area contributed by atoms with E-state index in [0.29, 0.717) is 0 Å². The molecule has 180 valence electrons. The molecule has 5 heteroatoms. The third-order valence-corrected chi connectivity index (χ3v) is 7.55. The molecule has 1 aromatic heterocycles. The Hall–Kier alpha value is -3.08. The minimum Gasteiger partial charge on any atom is -0.349 e. The highest BCUT2D eigenvalue weighted by atomic mass is 35.5. The number of amides is 1. The Morgan fingerprint density at radius 2 is 1.63 bits per heavy atom. The second kappa shape index (κ2) is 10.7. The summed E-state index contributed by atoms with van der Waals surface area (Å²) in [5, 5.41) is 5.26. The van der Waals surface area contributed by atoms with Crippen molar-refractivity contribution in [2.75, 3.05) is 13.1 Å². The van der Waals surface area contributed by atoms with Crippen LogP contribution in [0.2, 0.25) is 5.02 Å². The number of fused-ring (bicyclic) bond motifs is 1. The molecule has 1 fully saturated rings. The van der Waals surface area contributed by atoms with E-state index in [1.807, 2.05) is 36.4 Å². The van der Waals surface area contributed by atoms with Crippen molar-refractivity contribution in [2.24, 2.45) is 5.92 Å². The second-order valence-electron chi connectivity index (χ2n) is 9.56. The van der Waals surface area contributed by atoms with Crippen molar-refractivity contribution < 1.29 is 4.79 Å². The molecule has 0 saturated carbocycles. The summed E-state index contributed by atoms with van der Waals surface area (Å²) in [6, 6.07) is 29.1. The summed E-state index contributed by atoms with van der Waals surface area (Å²) < 4.78 is 2.39. The van der Waals surface area contributed by atoms with Crippen LogP contribution in [0.15, 0.2) is 84.9 Å². The number of hydrogen-bond donors (Lipinski definition) is 1. The van der Waals surface area contributed by atoms with Gasteiger partial charge in [-0.05, 0) is 67.6 Å². The van der Waals surface area contributed by atoms with Crippen LogP contribution >= 0.6 is 11.6 Å². The van der Waals surface area contributed by atoms with Crippen LogP contribution in [0.4, 0.5) is 0 Å². The van der Waals surface area contributed by atoms with Crippen molar-refractivity contribution in [3.8, 4) is 0 Å². The number of carbonyl (C=O) groups excluding carboxylic acids is 1. The Bertz CT molecular complexity index is 1290. The number of aromatic nitrogens is 1. The number of hydrogen-bond acceptors (Lipinski definition) is 2. The average Bonchev–Trinajstić information content (AvgIpc) is 3.23. The van der Waals surface area contributed by atoms with Gasteiger partial charge >= 0.3 is 0 Å². The summed E-state index contributed by atoms with van der Waals surface area (Å²) in [4.78, 5) is 15.4. The molecule has 4 aromatic rings. The summed E-state index contributed by atoms with van der Waals surface area (Å²) in [7, 11) is 0. The summed E-state index contributed by atoms with van der Waals surface area (Å²) in [6.07, 6.45) is 1.77. The zero-order valence-electron chi connectivity index (χ0n) is 20.2. The van der Waals surface area contributed by atoms with Crippen molar-refractivity contribution in [2.45, 2.75) is 38.9 Å². The molecular weight excluding hydrogens is 454 g/mol. The molecule has 1 aliphatic heterocycles. The molecule has 0 aliphatic carbocycles. The maximum Gasteiger partial charge on any atom is 0.223 e. The molecule has 0 bridgehead atoms. The minimum atomic E-state index is 0.0299. The maximum atomic E-state index is 12.9. The Balaban J connectivity index is 1.24. The van der Waals surface area contributed by atoms with E-state index in [4.69, 9.17) is 11.6 Å². The monoisotopic (exact) mass is 485 g/mol. The molecule has 1 amide bonds. The van der Waals surface area contributed by atoms with Crippen LogP contribution in [0.25, 0.3) is 10.9 Å². The summed E-state index contributed by atoms with van der Waals surface area (Å²) >= 11 is 6.50. The quantitative estimate of drug-likeness (QED) is 0.327. The lowest BCUT2D eigenvalue weighted by molar-refractivity contribution is -0.127. The molecule has 4 nitrogen and oxygen atoms in total. The molecule has 5 rings (SSSR count). The highest BCUT2D eigenvalue weighted by Crippen LogP contribution is 2.27. The number of likely N-dealkylation sites (tertiary alicyclic amines) is 1.